The molecule has 1 heterocycles. The molecule has 3 nitrogen and oxygen atoms in total. The third-order valence-electron chi connectivity index (χ3n) is 3.10. The minimum Gasteiger partial charge on any atom is -0.465 e. The Morgan fingerprint density at radius 1 is 1.33 bits per heavy atom. The van der Waals surface area contributed by atoms with Gasteiger partial charge in [0, 0.05) is 19.9 Å². The predicted molar refractivity (Wildman–Crippen MR) is 92.6 cm³/mol. The molecular formula is C15H15Br2NO2S. The van der Waals surface area contributed by atoms with Gasteiger partial charge < -0.3 is 4.74 Å². The molecule has 0 saturated carbocycles. The third kappa shape index (κ3) is 3.55. The van der Waals surface area contributed by atoms with Crippen LogP contribution in [0.4, 0.5) is 0 Å². The summed E-state index contributed by atoms with van der Waals surface area (Å²) in [5.74, 6) is -0.251. The maximum atomic E-state index is 12.0. The number of thiazole rings is 1. The van der Waals surface area contributed by atoms with Gasteiger partial charge in [0.15, 0.2) is 0 Å². The van der Waals surface area contributed by atoms with Crippen molar-refractivity contribution in [2.24, 2.45) is 0 Å². The molecule has 0 spiro atoms. The first-order chi connectivity index (χ1) is 9.86. The molecule has 0 saturated heterocycles. The summed E-state index contributed by atoms with van der Waals surface area (Å²) in [6, 6.07) is 5.97. The number of nitrogens with zero attached hydrogens (tertiary/aromatic N) is 1. The number of carbonyl (C=O) groups is 1. The molecule has 6 heteroatoms. The highest BCUT2D eigenvalue weighted by Crippen LogP contribution is 2.33. The van der Waals surface area contributed by atoms with Crippen LogP contribution in [0.25, 0.3) is 10.6 Å². The molecule has 0 aliphatic heterocycles. The summed E-state index contributed by atoms with van der Waals surface area (Å²) >= 11 is 8.46. The lowest BCUT2D eigenvalue weighted by molar-refractivity contribution is -0.148. The zero-order chi connectivity index (χ0) is 15.6. The second-order valence-electron chi connectivity index (χ2n) is 5.01. The fraction of sp³-hybridized carbons (Fsp3) is 0.333. The Morgan fingerprint density at radius 2 is 2.05 bits per heavy atom. The van der Waals surface area contributed by atoms with Gasteiger partial charge in [0.25, 0.3) is 0 Å². The van der Waals surface area contributed by atoms with E-state index in [1.165, 1.54) is 11.3 Å². The van der Waals surface area contributed by atoms with Crippen molar-refractivity contribution in [3.05, 3.63) is 38.2 Å². The van der Waals surface area contributed by atoms with Crippen molar-refractivity contribution in [3.8, 4) is 10.6 Å². The van der Waals surface area contributed by atoms with Crippen LogP contribution in [0.2, 0.25) is 0 Å². The van der Waals surface area contributed by atoms with Gasteiger partial charge in [-0.15, -0.1) is 11.3 Å². The zero-order valence-electron chi connectivity index (χ0n) is 11.9. The van der Waals surface area contributed by atoms with Crippen LogP contribution in [0.5, 0.6) is 0 Å². The Bertz CT molecular complexity index is 667. The Labute approximate surface area is 145 Å². The predicted octanol–water partition coefficient (Wildman–Crippen LogP) is 5.18. The van der Waals surface area contributed by atoms with Gasteiger partial charge >= 0.3 is 5.97 Å². The average Bonchev–Trinajstić information content (AvgIpc) is 2.92. The van der Waals surface area contributed by atoms with Crippen LogP contribution >= 0.6 is 43.2 Å². The SMILES string of the molecule is CCOC(=O)C(C)(C)c1csc(-c2ccc(Br)c(Br)c2)n1. The smallest absolute Gasteiger partial charge is 0.317 e. The number of halogens is 2. The fourth-order valence-corrected chi connectivity index (χ4v) is 3.35. The number of ether oxygens (including phenoxy) is 1. The van der Waals surface area contributed by atoms with Crippen molar-refractivity contribution in [2.45, 2.75) is 26.2 Å². The summed E-state index contributed by atoms with van der Waals surface area (Å²) in [5.41, 5.74) is 1.01. The molecule has 0 aliphatic carbocycles. The van der Waals surface area contributed by atoms with Crippen LogP contribution in [-0.2, 0) is 14.9 Å². The van der Waals surface area contributed by atoms with Crippen molar-refractivity contribution < 1.29 is 9.53 Å². The first-order valence-electron chi connectivity index (χ1n) is 6.45. The molecule has 0 amide bonds. The monoisotopic (exact) mass is 431 g/mol. The zero-order valence-corrected chi connectivity index (χ0v) is 15.9. The first kappa shape index (κ1) is 16.6. The van der Waals surface area contributed by atoms with Crippen molar-refractivity contribution in [2.75, 3.05) is 6.61 Å². The van der Waals surface area contributed by atoms with E-state index >= 15 is 0 Å². The van der Waals surface area contributed by atoms with Crippen LogP contribution in [-0.4, -0.2) is 17.6 Å². The molecule has 1 aromatic heterocycles. The number of aromatic nitrogens is 1. The molecule has 0 unspecified atom stereocenters. The summed E-state index contributed by atoms with van der Waals surface area (Å²) in [5, 5.41) is 2.80. The number of hydrogen-bond acceptors (Lipinski definition) is 4. The van der Waals surface area contributed by atoms with Crippen LogP contribution < -0.4 is 0 Å². The molecule has 2 rings (SSSR count). The van der Waals surface area contributed by atoms with Gasteiger partial charge in [-0.3, -0.25) is 4.79 Å². The molecule has 0 fully saturated rings. The van der Waals surface area contributed by atoms with Gasteiger partial charge in [-0.2, -0.15) is 0 Å². The Hall–Kier alpha value is -0.720. The van der Waals surface area contributed by atoms with Crippen LogP contribution in [0.1, 0.15) is 26.5 Å². The van der Waals surface area contributed by atoms with E-state index in [0.717, 1.165) is 25.2 Å². The summed E-state index contributed by atoms with van der Waals surface area (Å²) in [4.78, 5) is 16.6. The van der Waals surface area contributed by atoms with Crippen molar-refractivity contribution >= 4 is 49.2 Å². The molecule has 0 atom stereocenters. The number of esters is 1. The quantitative estimate of drug-likeness (QED) is 0.625. The van der Waals surface area contributed by atoms with E-state index in [9.17, 15) is 4.79 Å². The van der Waals surface area contributed by atoms with E-state index in [1.807, 2.05) is 37.4 Å². The molecule has 0 aliphatic rings. The Kier molecular flexibility index (Phi) is 5.22. The third-order valence-corrected chi connectivity index (χ3v) is 5.87. The topological polar surface area (TPSA) is 39.2 Å². The average molecular weight is 433 g/mol. The first-order valence-corrected chi connectivity index (χ1v) is 8.91. The normalized spacial score (nSPS) is 11.5. The lowest BCUT2D eigenvalue weighted by Gasteiger charge is -2.19. The molecule has 2 aromatic rings. The van der Waals surface area contributed by atoms with E-state index < -0.39 is 5.41 Å². The van der Waals surface area contributed by atoms with E-state index in [1.54, 1.807) is 6.92 Å². The number of rotatable bonds is 4. The second kappa shape index (κ2) is 6.58. The largest absolute Gasteiger partial charge is 0.465 e. The van der Waals surface area contributed by atoms with Gasteiger partial charge in [0.1, 0.15) is 10.4 Å². The molecule has 0 bridgehead atoms. The van der Waals surface area contributed by atoms with Crippen LogP contribution in [0.3, 0.4) is 0 Å². The van der Waals surface area contributed by atoms with E-state index in [0.29, 0.717) is 6.61 Å². The number of benzene rings is 1. The van der Waals surface area contributed by atoms with Gasteiger partial charge in [-0.25, -0.2) is 4.98 Å². The van der Waals surface area contributed by atoms with Crippen molar-refractivity contribution in [1.82, 2.24) is 4.98 Å². The van der Waals surface area contributed by atoms with Crippen molar-refractivity contribution in [3.63, 3.8) is 0 Å². The maximum Gasteiger partial charge on any atom is 0.317 e. The standard InChI is InChI=1S/C15H15Br2NO2S/c1-4-20-14(19)15(2,3)12-8-21-13(18-12)9-5-6-10(16)11(17)7-9/h5-8H,4H2,1-3H3. The van der Waals surface area contributed by atoms with Crippen molar-refractivity contribution in [1.29, 1.82) is 0 Å². The fourth-order valence-electron chi connectivity index (χ4n) is 1.74. The highest BCUT2D eigenvalue weighted by atomic mass is 79.9. The van der Waals surface area contributed by atoms with E-state index in [-0.39, 0.29) is 5.97 Å². The maximum absolute atomic E-state index is 12.0. The van der Waals surface area contributed by atoms with Gasteiger partial charge in [-0.05, 0) is 64.8 Å². The van der Waals surface area contributed by atoms with Crippen LogP contribution in [0.15, 0.2) is 32.5 Å². The lowest BCUT2D eigenvalue weighted by Crippen LogP contribution is -2.31. The minimum absolute atomic E-state index is 0.251. The molecule has 112 valence electrons. The van der Waals surface area contributed by atoms with Gasteiger partial charge in [0.05, 0.1) is 12.3 Å². The van der Waals surface area contributed by atoms with E-state index in [4.69, 9.17) is 4.74 Å². The molecule has 21 heavy (non-hydrogen) atoms. The summed E-state index contributed by atoms with van der Waals surface area (Å²) in [6.07, 6.45) is 0. The molecule has 0 radical (unpaired) electrons. The van der Waals surface area contributed by atoms with Crippen LogP contribution in [0, 0.1) is 0 Å². The summed E-state index contributed by atoms with van der Waals surface area (Å²) in [6.45, 7) is 5.85. The molecule has 0 N–H and O–H groups in total. The second-order valence-corrected chi connectivity index (χ2v) is 7.58. The molecule has 1 aromatic carbocycles. The van der Waals surface area contributed by atoms with E-state index in [2.05, 4.69) is 36.8 Å². The van der Waals surface area contributed by atoms with Gasteiger partial charge in [-0.1, -0.05) is 6.07 Å². The molecular weight excluding hydrogens is 418 g/mol. The Balaban J connectivity index is 2.33. The lowest BCUT2D eigenvalue weighted by atomic mass is 9.90. The highest BCUT2D eigenvalue weighted by molar-refractivity contribution is 9.13. The summed E-state index contributed by atoms with van der Waals surface area (Å²) in [7, 11) is 0. The highest BCUT2D eigenvalue weighted by Gasteiger charge is 2.34. The number of carbonyl (C=O) groups excluding carboxylic acids is 1. The number of hydrogen-bond donors (Lipinski definition) is 0. The van der Waals surface area contributed by atoms with Gasteiger partial charge in [0.2, 0.25) is 0 Å². The summed E-state index contributed by atoms with van der Waals surface area (Å²) < 4.78 is 7.09. The Morgan fingerprint density at radius 3 is 2.67 bits per heavy atom. The minimum atomic E-state index is -0.739.